The minimum Gasteiger partial charge on any atom is -0.495 e. The lowest BCUT2D eigenvalue weighted by Gasteiger charge is -2.11. The quantitative estimate of drug-likeness (QED) is 0.642. The van der Waals surface area contributed by atoms with Crippen LogP contribution in [0.1, 0.15) is 4.88 Å². The summed E-state index contributed by atoms with van der Waals surface area (Å²) in [6.07, 6.45) is 0. The Morgan fingerprint density at radius 2 is 1.94 bits per heavy atom. The van der Waals surface area contributed by atoms with Gasteiger partial charge in [-0.3, -0.25) is 0 Å². The summed E-state index contributed by atoms with van der Waals surface area (Å²) in [7, 11) is 1.66. The van der Waals surface area contributed by atoms with E-state index in [1.54, 1.807) is 18.4 Å². The number of hydrogen-bond acceptors (Lipinski definition) is 3. The number of rotatable bonds is 4. The SMILES string of the molecule is COc1cc(NCc2ccc(Br)s2)c(Br)cc1Br. The zero-order valence-electron chi connectivity index (χ0n) is 9.47. The molecule has 2 nitrogen and oxygen atoms in total. The van der Waals surface area contributed by atoms with Gasteiger partial charge in [-0.15, -0.1) is 11.3 Å². The van der Waals surface area contributed by atoms with Crippen LogP contribution in [0.2, 0.25) is 0 Å². The number of thiophene rings is 1. The standard InChI is InChI=1S/C12H10Br3NOS/c1-17-11-5-10(8(13)4-9(11)14)16-6-7-2-3-12(15)18-7/h2-5,16H,6H2,1H3. The van der Waals surface area contributed by atoms with Gasteiger partial charge >= 0.3 is 0 Å². The van der Waals surface area contributed by atoms with Crippen LogP contribution in [0.5, 0.6) is 5.75 Å². The summed E-state index contributed by atoms with van der Waals surface area (Å²) >= 11 is 12.2. The molecule has 0 aliphatic carbocycles. The highest BCUT2D eigenvalue weighted by atomic mass is 79.9. The first-order valence-electron chi connectivity index (χ1n) is 5.11. The van der Waals surface area contributed by atoms with E-state index in [-0.39, 0.29) is 0 Å². The minimum absolute atomic E-state index is 0.791. The van der Waals surface area contributed by atoms with Gasteiger partial charge in [-0.25, -0.2) is 0 Å². The van der Waals surface area contributed by atoms with Crippen molar-refractivity contribution < 1.29 is 4.74 Å². The lowest BCUT2D eigenvalue weighted by atomic mass is 10.3. The van der Waals surface area contributed by atoms with Crippen molar-refractivity contribution in [2.75, 3.05) is 12.4 Å². The van der Waals surface area contributed by atoms with Gasteiger partial charge in [0.2, 0.25) is 0 Å². The third kappa shape index (κ3) is 3.50. The van der Waals surface area contributed by atoms with Crippen LogP contribution in [-0.4, -0.2) is 7.11 Å². The molecule has 0 fully saturated rings. The van der Waals surface area contributed by atoms with Crippen molar-refractivity contribution in [3.05, 3.63) is 41.9 Å². The lowest BCUT2D eigenvalue weighted by Crippen LogP contribution is -1.99. The molecule has 0 bridgehead atoms. The second kappa shape index (κ2) is 6.41. The fourth-order valence-corrected chi connectivity index (χ4v) is 4.17. The molecule has 0 aliphatic rings. The minimum atomic E-state index is 0.791. The van der Waals surface area contributed by atoms with E-state index in [9.17, 15) is 0 Å². The molecular formula is C12H10Br3NOS. The molecule has 0 atom stereocenters. The summed E-state index contributed by atoms with van der Waals surface area (Å²) in [6.45, 7) is 0.791. The second-order valence-corrected chi connectivity index (χ2v) is 7.78. The maximum absolute atomic E-state index is 5.28. The van der Waals surface area contributed by atoms with Gasteiger partial charge in [0.1, 0.15) is 5.75 Å². The van der Waals surface area contributed by atoms with Crippen molar-refractivity contribution in [1.82, 2.24) is 0 Å². The highest BCUT2D eigenvalue weighted by molar-refractivity contribution is 9.11. The number of anilines is 1. The Kier molecular flexibility index (Phi) is 5.12. The van der Waals surface area contributed by atoms with Crippen LogP contribution in [0, 0.1) is 0 Å². The van der Waals surface area contributed by atoms with Gasteiger partial charge in [0.15, 0.2) is 0 Å². The molecule has 18 heavy (non-hydrogen) atoms. The molecular weight excluding hydrogens is 446 g/mol. The number of benzene rings is 1. The normalized spacial score (nSPS) is 10.4. The summed E-state index contributed by atoms with van der Waals surface area (Å²) in [4.78, 5) is 1.27. The highest BCUT2D eigenvalue weighted by Gasteiger charge is 2.07. The summed E-state index contributed by atoms with van der Waals surface area (Å²) in [5.41, 5.74) is 1.01. The predicted molar refractivity (Wildman–Crippen MR) is 87.7 cm³/mol. The molecule has 0 saturated carbocycles. The van der Waals surface area contributed by atoms with Gasteiger partial charge in [0.25, 0.3) is 0 Å². The summed E-state index contributed by atoms with van der Waals surface area (Å²) < 4.78 is 8.37. The van der Waals surface area contributed by atoms with E-state index in [0.717, 1.165) is 30.7 Å². The maximum Gasteiger partial charge on any atom is 0.135 e. The molecule has 0 spiro atoms. The van der Waals surface area contributed by atoms with Crippen LogP contribution in [-0.2, 0) is 6.54 Å². The molecule has 2 rings (SSSR count). The molecule has 1 aromatic carbocycles. The van der Waals surface area contributed by atoms with E-state index in [4.69, 9.17) is 4.74 Å². The molecule has 0 radical (unpaired) electrons. The van der Waals surface area contributed by atoms with Gasteiger partial charge in [-0.2, -0.15) is 0 Å². The first kappa shape index (κ1) is 14.4. The van der Waals surface area contributed by atoms with Crippen molar-refractivity contribution in [3.8, 4) is 5.75 Å². The number of methoxy groups -OCH3 is 1. The maximum atomic E-state index is 5.28. The summed E-state index contributed by atoms with van der Waals surface area (Å²) in [5, 5.41) is 3.39. The molecule has 1 aromatic heterocycles. The van der Waals surface area contributed by atoms with E-state index in [1.165, 1.54) is 4.88 Å². The van der Waals surface area contributed by atoms with Crippen molar-refractivity contribution in [2.24, 2.45) is 0 Å². The van der Waals surface area contributed by atoms with Crippen LogP contribution in [0.15, 0.2) is 37.0 Å². The van der Waals surface area contributed by atoms with Crippen molar-refractivity contribution in [3.63, 3.8) is 0 Å². The molecule has 0 aliphatic heterocycles. The monoisotopic (exact) mass is 453 g/mol. The van der Waals surface area contributed by atoms with Gasteiger partial charge in [0, 0.05) is 22.0 Å². The average Bonchev–Trinajstić information content (AvgIpc) is 2.74. The smallest absolute Gasteiger partial charge is 0.135 e. The summed E-state index contributed by atoms with van der Waals surface area (Å²) in [6, 6.07) is 8.10. The molecule has 0 amide bonds. The van der Waals surface area contributed by atoms with Crippen molar-refractivity contribution >= 4 is 64.8 Å². The van der Waals surface area contributed by atoms with Crippen LogP contribution in [0.25, 0.3) is 0 Å². The Bertz CT molecular complexity index is 556. The number of hydrogen-bond donors (Lipinski definition) is 1. The summed E-state index contributed by atoms with van der Waals surface area (Å²) in [5.74, 6) is 0.813. The number of halogens is 3. The Balaban J connectivity index is 2.13. The Morgan fingerprint density at radius 3 is 2.56 bits per heavy atom. The third-order valence-electron chi connectivity index (χ3n) is 2.32. The Labute approximate surface area is 135 Å². The zero-order valence-corrected chi connectivity index (χ0v) is 15.0. The molecule has 96 valence electrons. The molecule has 6 heteroatoms. The van der Waals surface area contributed by atoms with E-state index in [2.05, 4.69) is 65.2 Å². The lowest BCUT2D eigenvalue weighted by molar-refractivity contribution is 0.412. The fourth-order valence-electron chi connectivity index (χ4n) is 1.45. The first-order valence-corrected chi connectivity index (χ1v) is 8.31. The topological polar surface area (TPSA) is 21.3 Å². The molecule has 1 heterocycles. The molecule has 2 aromatic rings. The predicted octanol–water partition coefficient (Wildman–Crippen LogP) is 5.66. The van der Waals surface area contributed by atoms with E-state index < -0.39 is 0 Å². The Morgan fingerprint density at radius 1 is 1.17 bits per heavy atom. The third-order valence-corrected chi connectivity index (χ3v) is 5.22. The largest absolute Gasteiger partial charge is 0.495 e. The van der Waals surface area contributed by atoms with Crippen LogP contribution >= 0.6 is 59.1 Å². The molecule has 0 saturated heterocycles. The van der Waals surface area contributed by atoms with Gasteiger partial charge in [-0.1, -0.05) is 0 Å². The van der Waals surface area contributed by atoms with Crippen LogP contribution < -0.4 is 10.1 Å². The fraction of sp³-hybridized carbons (Fsp3) is 0.167. The van der Waals surface area contributed by atoms with Gasteiger partial charge in [-0.05, 0) is 66.0 Å². The average molecular weight is 456 g/mol. The van der Waals surface area contributed by atoms with Gasteiger partial charge < -0.3 is 10.1 Å². The van der Waals surface area contributed by atoms with E-state index in [1.807, 2.05) is 12.1 Å². The van der Waals surface area contributed by atoms with Crippen molar-refractivity contribution in [2.45, 2.75) is 6.54 Å². The van der Waals surface area contributed by atoms with Crippen molar-refractivity contribution in [1.29, 1.82) is 0 Å². The van der Waals surface area contributed by atoms with Gasteiger partial charge in [0.05, 0.1) is 21.1 Å². The first-order chi connectivity index (χ1) is 8.60. The Hall–Kier alpha value is -0.0400. The van der Waals surface area contributed by atoms with E-state index in [0.29, 0.717) is 0 Å². The second-order valence-electron chi connectivity index (χ2n) is 3.53. The number of ether oxygens (including phenoxy) is 1. The van der Waals surface area contributed by atoms with E-state index >= 15 is 0 Å². The van der Waals surface area contributed by atoms with Crippen LogP contribution in [0.3, 0.4) is 0 Å². The number of nitrogens with one attached hydrogen (secondary N) is 1. The zero-order chi connectivity index (χ0) is 13.1. The molecule has 1 N–H and O–H groups in total. The molecule has 0 unspecified atom stereocenters. The highest BCUT2D eigenvalue weighted by Crippen LogP contribution is 2.35. The van der Waals surface area contributed by atoms with Crippen LogP contribution in [0.4, 0.5) is 5.69 Å².